The summed E-state index contributed by atoms with van der Waals surface area (Å²) in [4.78, 5) is 11.6. The maximum Gasteiger partial charge on any atom is 0.266 e. The topological polar surface area (TPSA) is 83.5 Å². The van der Waals surface area contributed by atoms with E-state index in [4.69, 9.17) is 4.55 Å². The van der Waals surface area contributed by atoms with Gasteiger partial charge in [-0.2, -0.15) is 8.42 Å². The van der Waals surface area contributed by atoms with E-state index < -0.39 is 15.9 Å². The molecule has 5 nitrogen and oxygen atoms in total. The molecule has 0 heterocycles. The van der Waals surface area contributed by atoms with Gasteiger partial charge in [0.25, 0.3) is 16.0 Å². The molecule has 2 N–H and O–H groups in total. The van der Waals surface area contributed by atoms with Crippen LogP contribution in [0, 0.1) is 3.57 Å². The molecule has 0 atom stereocenters. The SMILES string of the molecule is O=C(NCCS(=O)(=O)O)c1cc(Br)cc(I)c1. The van der Waals surface area contributed by atoms with Crippen LogP contribution in [-0.4, -0.2) is 31.2 Å². The van der Waals surface area contributed by atoms with Crippen molar-refractivity contribution in [2.45, 2.75) is 0 Å². The van der Waals surface area contributed by atoms with E-state index in [9.17, 15) is 13.2 Å². The zero-order valence-corrected chi connectivity index (χ0v) is 13.0. The van der Waals surface area contributed by atoms with Crippen LogP contribution in [0.15, 0.2) is 22.7 Å². The lowest BCUT2D eigenvalue weighted by Crippen LogP contribution is -2.28. The molecule has 1 aromatic carbocycles. The average Bonchev–Trinajstić information content (AvgIpc) is 2.13. The molecule has 94 valence electrons. The monoisotopic (exact) mass is 433 g/mol. The molecule has 0 spiro atoms. The summed E-state index contributed by atoms with van der Waals surface area (Å²) < 4.78 is 31.1. The van der Waals surface area contributed by atoms with E-state index in [2.05, 4.69) is 43.8 Å². The molecule has 1 amide bonds. The lowest BCUT2D eigenvalue weighted by Gasteiger charge is -2.05. The van der Waals surface area contributed by atoms with Gasteiger partial charge in [-0.3, -0.25) is 9.35 Å². The highest BCUT2D eigenvalue weighted by Crippen LogP contribution is 2.17. The summed E-state index contributed by atoms with van der Waals surface area (Å²) in [5, 5.41) is 2.41. The fraction of sp³-hybridized carbons (Fsp3) is 0.222. The minimum absolute atomic E-state index is 0.124. The number of benzene rings is 1. The lowest BCUT2D eigenvalue weighted by molar-refractivity contribution is 0.0956. The van der Waals surface area contributed by atoms with Crippen molar-refractivity contribution in [3.05, 3.63) is 31.8 Å². The zero-order chi connectivity index (χ0) is 13.1. The van der Waals surface area contributed by atoms with Gasteiger partial charge in [0, 0.05) is 20.2 Å². The van der Waals surface area contributed by atoms with Crippen molar-refractivity contribution in [3.8, 4) is 0 Å². The number of hydrogen-bond donors (Lipinski definition) is 2. The highest BCUT2D eigenvalue weighted by atomic mass is 127. The van der Waals surface area contributed by atoms with Gasteiger partial charge in [-0.1, -0.05) is 15.9 Å². The Bertz CT molecular complexity index is 512. The Morgan fingerprint density at radius 3 is 2.59 bits per heavy atom. The fourth-order valence-corrected chi connectivity index (χ4v) is 3.03. The Morgan fingerprint density at radius 2 is 2.06 bits per heavy atom. The first-order valence-corrected chi connectivity index (χ1v) is 7.95. The molecule has 0 aliphatic carbocycles. The molecule has 0 saturated carbocycles. The molecule has 0 fully saturated rings. The minimum Gasteiger partial charge on any atom is -0.351 e. The number of rotatable bonds is 4. The Morgan fingerprint density at radius 1 is 1.41 bits per heavy atom. The van der Waals surface area contributed by atoms with Crippen molar-refractivity contribution in [2.24, 2.45) is 0 Å². The second kappa shape index (κ2) is 6.12. The predicted molar refractivity (Wildman–Crippen MR) is 75.6 cm³/mol. The Balaban J connectivity index is 2.64. The van der Waals surface area contributed by atoms with Crippen molar-refractivity contribution in [1.82, 2.24) is 5.32 Å². The smallest absolute Gasteiger partial charge is 0.266 e. The Labute approximate surface area is 121 Å². The molecule has 17 heavy (non-hydrogen) atoms. The largest absolute Gasteiger partial charge is 0.351 e. The second-order valence-electron chi connectivity index (χ2n) is 3.20. The van der Waals surface area contributed by atoms with Gasteiger partial charge in [0.1, 0.15) is 0 Å². The first kappa shape index (κ1) is 14.9. The third-order valence-electron chi connectivity index (χ3n) is 1.77. The summed E-state index contributed by atoms with van der Waals surface area (Å²) in [7, 11) is -4.04. The number of nitrogens with one attached hydrogen (secondary N) is 1. The molecule has 0 radical (unpaired) electrons. The van der Waals surface area contributed by atoms with Crippen LogP contribution in [0.3, 0.4) is 0 Å². The molecule has 0 saturated heterocycles. The molecular weight excluding hydrogens is 425 g/mol. The summed E-state index contributed by atoms with van der Waals surface area (Å²) in [6, 6.07) is 5.15. The summed E-state index contributed by atoms with van der Waals surface area (Å²) in [5.74, 6) is -0.878. The van der Waals surface area contributed by atoms with Crippen molar-refractivity contribution < 1.29 is 17.8 Å². The summed E-state index contributed by atoms with van der Waals surface area (Å²) in [6.07, 6.45) is 0. The number of hydrogen-bond acceptors (Lipinski definition) is 3. The number of amides is 1. The van der Waals surface area contributed by atoms with Gasteiger partial charge in [-0.05, 0) is 40.8 Å². The van der Waals surface area contributed by atoms with Crippen LogP contribution in [0.5, 0.6) is 0 Å². The first-order chi connectivity index (χ1) is 7.78. The lowest BCUT2D eigenvalue weighted by atomic mass is 10.2. The predicted octanol–water partition coefficient (Wildman–Crippen LogP) is 1.67. The van der Waals surface area contributed by atoms with Gasteiger partial charge in [-0.15, -0.1) is 0 Å². The van der Waals surface area contributed by atoms with E-state index in [1.54, 1.807) is 12.1 Å². The third-order valence-corrected chi connectivity index (χ3v) is 3.57. The van der Waals surface area contributed by atoms with E-state index in [1.165, 1.54) is 0 Å². The van der Waals surface area contributed by atoms with E-state index in [0.29, 0.717) is 5.56 Å². The van der Waals surface area contributed by atoms with Crippen molar-refractivity contribution in [2.75, 3.05) is 12.3 Å². The van der Waals surface area contributed by atoms with Crippen LogP contribution in [0.25, 0.3) is 0 Å². The van der Waals surface area contributed by atoms with Gasteiger partial charge in [0.15, 0.2) is 0 Å². The number of carbonyl (C=O) groups is 1. The van der Waals surface area contributed by atoms with Gasteiger partial charge in [-0.25, -0.2) is 0 Å². The number of halogens is 2. The Hall–Kier alpha value is -0.190. The molecule has 0 aliphatic heterocycles. The van der Waals surface area contributed by atoms with Gasteiger partial charge >= 0.3 is 0 Å². The molecular formula is C9H9BrINO4S. The van der Waals surface area contributed by atoms with Crippen LogP contribution >= 0.6 is 38.5 Å². The van der Waals surface area contributed by atoms with Crippen LogP contribution in [0.1, 0.15) is 10.4 Å². The molecule has 0 aromatic heterocycles. The van der Waals surface area contributed by atoms with Crippen LogP contribution in [-0.2, 0) is 10.1 Å². The van der Waals surface area contributed by atoms with E-state index in [-0.39, 0.29) is 12.5 Å². The van der Waals surface area contributed by atoms with E-state index in [0.717, 1.165) is 8.04 Å². The second-order valence-corrected chi connectivity index (χ2v) is 6.93. The van der Waals surface area contributed by atoms with Gasteiger partial charge in [0.2, 0.25) is 0 Å². The van der Waals surface area contributed by atoms with Crippen molar-refractivity contribution >= 4 is 54.5 Å². The van der Waals surface area contributed by atoms with E-state index >= 15 is 0 Å². The fourth-order valence-electron chi connectivity index (χ4n) is 1.08. The van der Waals surface area contributed by atoms with Gasteiger partial charge < -0.3 is 5.32 Å². The molecule has 0 aliphatic rings. The van der Waals surface area contributed by atoms with E-state index in [1.807, 2.05) is 6.07 Å². The van der Waals surface area contributed by atoms with Crippen LogP contribution in [0.4, 0.5) is 0 Å². The summed E-state index contributed by atoms with van der Waals surface area (Å²) >= 11 is 5.33. The molecule has 1 aromatic rings. The van der Waals surface area contributed by atoms with Crippen LogP contribution < -0.4 is 5.32 Å². The maximum atomic E-state index is 11.6. The minimum atomic E-state index is -4.04. The highest BCUT2D eigenvalue weighted by Gasteiger charge is 2.09. The molecule has 8 heteroatoms. The van der Waals surface area contributed by atoms with Crippen molar-refractivity contribution in [3.63, 3.8) is 0 Å². The normalized spacial score (nSPS) is 11.2. The van der Waals surface area contributed by atoms with Gasteiger partial charge in [0.05, 0.1) is 5.75 Å². The molecule has 0 unspecified atom stereocenters. The standard InChI is InChI=1S/C9H9BrINO4S/c10-7-3-6(4-8(11)5-7)9(13)12-1-2-17(14,15)16/h3-5H,1-2H2,(H,12,13)(H,14,15,16). The summed E-state index contributed by atoms with van der Waals surface area (Å²) in [5.41, 5.74) is 0.430. The quantitative estimate of drug-likeness (QED) is 0.558. The Kier molecular flexibility index (Phi) is 5.35. The zero-order valence-electron chi connectivity index (χ0n) is 8.48. The summed E-state index contributed by atoms with van der Waals surface area (Å²) in [6.45, 7) is -0.124. The average molecular weight is 434 g/mol. The number of carbonyl (C=O) groups excluding carboxylic acids is 1. The first-order valence-electron chi connectivity index (χ1n) is 4.47. The molecule has 0 bridgehead atoms. The third kappa shape index (κ3) is 5.80. The van der Waals surface area contributed by atoms with Crippen molar-refractivity contribution in [1.29, 1.82) is 0 Å². The molecule has 1 rings (SSSR count). The highest BCUT2D eigenvalue weighted by molar-refractivity contribution is 14.1. The maximum absolute atomic E-state index is 11.6. The van der Waals surface area contributed by atoms with Crippen LogP contribution in [0.2, 0.25) is 0 Å².